The summed E-state index contributed by atoms with van der Waals surface area (Å²) in [6.07, 6.45) is -1.37. The van der Waals surface area contributed by atoms with E-state index in [4.69, 9.17) is 9.47 Å². The summed E-state index contributed by atoms with van der Waals surface area (Å²) in [7, 11) is 0. The van der Waals surface area contributed by atoms with Crippen LogP contribution in [-0.4, -0.2) is 35.8 Å². The van der Waals surface area contributed by atoms with Crippen molar-refractivity contribution >= 4 is 28.1 Å². The molecule has 0 aliphatic rings. The number of nitrogens with one attached hydrogen (secondary N) is 1. The van der Waals surface area contributed by atoms with Gasteiger partial charge in [-0.25, -0.2) is 18.4 Å². The van der Waals surface area contributed by atoms with Gasteiger partial charge in [-0.2, -0.15) is 0 Å². The average Bonchev–Trinajstić information content (AvgIpc) is 2.68. The second kappa shape index (κ2) is 11.1. The van der Waals surface area contributed by atoms with Gasteiger partial charge in [0.25, 0.3) is 0 Å². The largest absolute Gasteiger partial charge is 0.445 e. The lowest BCUT2D eigenvalue weighted by Crippen LogP contribution is -2.40. The molecule has 0 saturated carbocycles. The van der Waals surface area contributed by atoms with Crippen LogP contribution in [0.3, 0.4) is 0 Å². The number of nitrogens with zero attached hydrogens (tertiary/aromatic N) is 1. The second-order valence-corrected chi connectivity index (χ2v) is 8.60. The van der Waals surface area contributed by atoms with E-state index in [2.05, 4.69) is 21.2 Å². The van der Waals surface area contributed by atoms with Gasteiger partial charge in [-0.3, -0.25) is 0 Å². The fourth-order valence-corrected chi connectivity index (χ4v) is 2.86. The van der Waals surface area contributed by atoms with Gasteiger partial charge in [0.05, 0.1) is 11.0 Å². The molecule has 2 aromatic rings. The number of rotatable bonds is 7. The smallest absolute Gasteiger partial charge is 0.410 e. The van der Waals surface area contributed by atoms with E-state index in [-0.39, 0.29) is 36.3 Å². The third kappa shape index (κ3) is 8.53. The van der Waals surface area contributed by atoms with Crippen LogP contribution in [0.5, 0.6) is 0 Å². The molecule has 0 atom stereocenters. The first-order chi connectivity index (χ1) is 14.5. The molecular weight excluding hydrogens is 474 g/mol. The number of halogens is 3. The van der Waals surface area contributed by atoms with Gasteiger partial charge in [-0.1, -0.05) is 30.3 Å². The molecule has 6 nitrogen and oxygen atoms in total. The van der Waals surface area contributed by atoms with Crippen LogP contribution in [0.4, 0.5) is 18.4 Å². The van der Waals surface area contributed by atoms with Gasteiger partial charge in [0, 0.05) is 18.7 Å². The van der Waals surface area contributed by atoms with E-state index in [0.717, 1.165) is 17.7 Å². The molecule has 0 saturated heterocycles. The Morgan fingerprint density at radius 3 is 2.42 bits per heavy atom. The van der Waals surface area contributed by atoms with Gasteiger partial charge in [0.15, 0.2) is 0 Å². The molecule has 0 fully saturated rings. The zero-order valence-corrected chi connectivity index (χ0v) is 19.2. The first-order valence-electron chi connectivity index (χ1n) is 9.61. The van der Waals surface area contributed by atoms with Gasteiger partial charge in [-0.05, 0) is 54.4 Å². The molecule has 0 unspecified atom stereocenters. The number of carbonyl (C=O) groups excluding carboxylic acids is 2. The molecule has 0 aliphatic heterocycles. The summed E-state index contributed by atoms with van der Waals surface area (Å²) < 4.78 is 38.6. The van der Waals surface area contributed by atoms with E-state index in [1.807, 2.05) is 18.2 Å². The molecule has 0 spiro atoms. The number of amides is 2. The van der Waals surface area contributed by atoms with Crippen LogP contribution in [-0.2, 0) is 22.6 Å². The Hall–Kier alpha value is -2.68. The van der Waals surface area contributed by atoms with E-state index >= 15 is 0 Å². The molecule has 0 aliphatic carbocycles. The zero-order valence-electron chi connectivity index (χ0n) is 17.6. The maximum absolute atomic E-state index is 14.3. The molecule has 0 heterocycles. The maximum atomic E-state index is 14.3. The minimum atomic E-state index is -0.724. The van der Waals surface area contributed by atoms with E-state index < -0.39 is 29.4 Å². The van der Waals surface area contributed by atoms with Crippen LogP contribution in [0.15, 0.2) is 46.9 Å². The standard InChI is InChI=1S/C22H25BrF2N2O4/c1-22(2,3)31-20(28)26-9-10-27(13-16-11-19(25)17(23)12-18(16)24)21(29)30-14-15-7-5-4-6-8-15/h4-8,11-12H,9-10,13-14H2,1-3H3,(H,26,28). The van der Waals surface area contributed by atoms with Crippen LogP contribution in [0.25, 0.3) is 0 Å². The second-order valence-electron chi connectivity index (χ2n) is 7.75. The Balaban J connectivity index is 2.06. The Labute approximate surface area is 188 Å². The summed E-state index contributed by atoms with van der Waals surface area (Å²) in [5.74, 6) is -1.32. The molecule has 2 aromatic carbocycles. The van der Waals surface area contributed by atoms with Crippen LogP contribution >= 0.6 is 15.9 Å². The van der Waals surface area contributed by atoms with E-state index in [1.54, 1.807) is 32.9 Å². The maximum Gasteiger partial charge on any atom is 0.410 e. The van der Waals surface area contributed by atoms with Crippen molar-refractivity contribution < 1.29 is 27.8 Å². The summed E-state index contributed by atoms with van der Waals surface area (Å²) in [5, 5.41) is 2.53. The van der Waals surface area contributed by atoms with Crippen LogP contribution in [0, 0.1) is 11.6 Å². The lowest BCUT2D eigenvalue weighted by Gasteiger charge is -2.24. The minimum absolute atomic E-state index is 0.00396. The van der Waals surface area contributed by atoms with Gasteiger partial charge < -0.3 is 19.7 Å². The number of hydrogen-bond acceptors (Lipinski definition) is 4. The van der Waals surface area contributed by atoms with Crippen LogP contribution in [0.2, 0.25) is 0 Å². The molecule has 168 valence electrons. The number of ether oxygens (including phenoxy) is 2. The molecule has 9 heteroatoms. The first kappa shape index (κ1) is 24.6. The van der Waals surface area contributed by atoms with Crippen molar-refractivity contribution in [2.45, 2.75) is 39.5 Å². The summed E-state index contributed by atoms with van der Waals surface area (Å²) in [6.45, 7) is 5.01. The molecule has 0 bridgehead atoms. The SMILES string of the molecule is CC(C)(C)OC(=O)NCCN(Cc1cc(F)c(Br)cc1F)C(=O)OCc1ccccc1. The molecular formula is C22H25BrF2N2O4. The summed E-state index contributed by atoms with van der Waals surface area (Å²) in [5.41, 5.74) is 0.0920. The lowest BCUT2D eigenvalue weighted by atomic mass is 10.2. The molecule has 31 heavy (non-hydrogen) atoms. The highest BCUT2D eigenvalue weighted by molar-refractivity contribution is 9.10. The monoisotopic (exact) mass is 498 g/mol. The highest BCUT2D eigenvalue weighted by atomic mass is 79.9. The third-order valence-corrected chi connectivity index (χ3v) is 4.57. The van der Waals surface area contributed by atoms with E-state index in [1.165, 1.54) is 4.90 Å². The summed E-state index contributed by atoms with van der Waals surface area (Å²) >= 11 is 2.93. The van der Waals surface area contributed by atoms with Gasteiger partial charge in [0.2, 0.25) is 0 Å². The van der Waals surface area contributed by atoms with Gasteiger partial charge in [-0.15, -0.1) is 0 Å². The van der Waals surface area contributed by atoms with Crippen LogP contribution in [0.1, 0.15) is 31.9 Å². The fraction of sp³-hybridized carbons (Fsp3) is 0.364. The number of benzene rings is 2. The van der Waals surface area contributed by atoms with Crippen molar-refractivity contribution in [3.63, 3.8) is 0 Å². The van der Waals surface area contributed by atoms with E-state index in [9.17, 15) is 18.4 Å². The van der Waals surface area contributed by atoms with Crippen molar-refractivity contribution in [1.29, 1.82) is 0 Å². The average molecular weight is 499 g/mol. The topological polar surface area (TPSA) is 67.9 Å². The fourth-order valence-electron chi connectivity index (χ4n) is 2.54. The van der Waals surface area contributed by atoms with Crippen molar-refractivity contribution in [3.8, 4) is 0 Å². The molecule has 2 amide bonds. The number of hydrogen-bond donors (Lipinski definition) is 1. The summed E-state index contributed by atoms with van der Waals surface area (Å²) in [6, 6.07) is 11.1. The van der Waals surface area contributed by atoms with E-state index in [0.29, 0.717) is 0 Å². The Morgan fingerprint density at radius 1 is 1.10 bits per heavy atom. The van der Waals surface area contributed by atoms with Crippen molar-refractivity contribution in [1.82, 2.24) is 10.2 Å². The highest BCUT2D eigenvalue weighted by Gasteiger charge is 2.20. The van der Waals surface area contributed by atoms with Gasteiger partial charge >= 0.3 is 12.2 Å². The van der Waals surface area contributed by atoms with Crippen molar-refractivity contribution in [2.75, 3.05) is 13.1 Å². The summed E-state index contributed by atoms with van der Waals surface area (Å²) in [4.78, 5) is 25.6. The lowest BCUT2D eigenvalue weighted by molar-refractivity contribution is 0.0513. The Kier molecular flexibility index (Phi) is 8.79. The zero-order chi connectivity index (χ0) is 23.0. The van der Waals surface area contributed by atoms with Gasteiger partial charge in [0.1, 0.15) is 23.8 Å². The molecule has 0 aromatic heterocycles. The molecule has 1 N–H and O–H groups in total. The van der Waals surface area contributed by atoms with Crippen LogP contribution < -0.4 is 5.32 Å². The first-order valence-corrected chi connectivity index (χ1v) is 10.4. The highest BCUT2D eigenvalue weighted by Crippen LogP contribution is 2.21. The predicted molar refractivity (Wildman–Crippen MR) is 115 cm³/mol. The number of carbonyl (C=O) groups is 2. The normalized spacial score (nSPS) is 11.0. The predicted octanol–water partition coefficient (Wildman–Crippen LogP) is 5.39. The van der Waals surface area contributed by atoms with Crippen molar-refractivity contribution in [3.05, 3.63) is 69.7 Å². The third-order valence-electron chi connectivity index (χ3n) is 3.96. The molecule has 0 radical (unpaired) electrons. The van der Waals surface area contributed by atoms with Crippen molar-refractivity contribution in [2.24, 2.45) is 0 Å². The quantitative estimate of drug-likeness (QED) is 0.519. The minimum Gasteiger partial charge on any atom is -0.445 e. The number of alkyl carbamates (subject to hydrolysis) is 1. The Morgan fingerprint density at radius 2 is 1.77 bits per heavy atom. The molecule has 2 rings (SSSR count). The Bertz CT molecular complexity index is 904.